The van der Waals surface area contributed by atoms with E-state index in [-0.39, 0.29) is 0 Å². The van der Waals surface area contributed by atoms with Crippen LogP contribution in [-0.2, 0) is 13.1 Å². The lowest BCUT2D eigenvalue weighted by Crippen LogP contribution is -2.24. The number of nitrogens with zero attached hydrogens (tertiary/aromatic N) is 2. The van der Waals surface area contributed by atoms with Gasteiger partial charge >= 0.3 is 0 Å². The number of pyridine rings is 1. The molecule has 0 bridgehead atoms. The Balaban J connectivity index is 1.91. The number of hydrogen-bond donors (Lipinski definition) is 0. The molecule has 0 aliphatic rings. The summed E-state index contributed by atoms with van der Waals surface area (Å²) in [7, 11) is 0. The molecule has 3 rings (SSSR count). The van der Waals surface area contributed by atoms with E-state index in [1.165, 1.54) is 22.3 Å². The molecule has 116 valence electrons. The molecule has 1 aromatic heterocycles. The minimum absolute atomic E-state index is 0.854. The maximum atomic E-state index is 4.62. The summed E-state index contributed by atoms with van der Waals surface area (Å²) in [5, 5.41) is 0. The number of benzene rings is 2. The maximum absolute atomic E-state index is 4.62. The Morgan fingerprint density at radius 3 is 2.26 bits per heavy atom. The molecule has 2 nitrogen and oxygen atoms in total. The monoisotopic (exact) mass is 302 g/mol. The zero-order valence-electron chi connectivity index (χ0n) is 13.7. The molecule has 0 fully saturated rings. The van der Waals surface area contributed by atoms with Crippen molar-refractivity contribution >= 4 is 5.82 Å². The number of hydrogen-bond acceptors (Lipinski definition) is 2. The first kappa shape index (κ1) is 15.3. The van der Waals surface area contributed by atoms with E-state index in [2.05, 4.69) is 84.4 Å². The summed E-state index contributed by atoms with van der Waals surface area (Å²) in [4.78, 5) is 6.97. The van der Waals surface area contributed by atoms with E-state index in [1.807, 2.05) is 12.3 Å². The lowest BCUT2D eigenvalue weighted by molar-refractivity contribution is 0.778. The van der Waals surface area contributed by atoms with E-state index in [0.29, 0.717) is 0 Å². The third-order valence-corrected chi connectivity index (χ3v) is 3.95. The molecular weight excluding hydrogens is 280 g/mol. The minimum Gasteiger partial charge on any atom is -0.348 e. The van der Waals surface area contributed by atoms with Crippen molar-refractivity contribution in [3.8, 4) is 0 Å². The summed E-state index contributed by atoms with van der Waals surface area (Å²) >= 11 is 0. The summed E-state index contributed by atoms with van der Waals surface area (Å²) in [5.74, 6) is 1.05. The first-order valence-corrected chi connectivity index (χ1v) is 7.98. The molecule has 0 amide bonds. The number of aryl methyl sites for hydroxylation is 2. The quantitative estimate of drug-likeness (QED) is 0.666. The van der Waals surface area contributed by atoms with Gasteiger partial charge in [-0.25, -0.2) is 4.98 Å². The zero-order chi connectivity index (χ0) is 16.1. The number of anilines is 1. The highest BCUT2D eigenvalue weighted by Crippen LogP contribution is 2.21. The number of aromatic nitrogens is 1. The van der Waals surface area contributed by atoms with Gasteiger partial charge in [0, 0.05) is 19.3 Å². The lowest BCUT2D eigenvalue weighted by Gasteiger charge is -2.25. The van der Waals surface area contributed by atoms with Gasteiger partial charge in [0.25, 0.3) is 0 Å². The van der Waals surface area contributed by atoms with Crippen LogP contribution in [-0.4, -0.2) is 4.98 Å². The fraction of sp³-hybridized carbons (Fsp3) is 0.190. The largest absolute Gasteiger partial charge is 0.348 e. The van der Waals surface area contributed by atoms with Crippen LogP contribution in [0, 0.1) is 13.8 Å². The van der Waals surface area contributed by atoms with Crippen LogP contribution < -0.4 is 4.90 Å². The van der Waals surface area contributed by atoms with E-state index in [0.717, 1.165) is 18.9 Å². The molecule has 1 heterocycles. The van der Waals surface area contributed by atoms with Gasteiger partial charge in [-0.3, -0.25) is 0 Å². The fourth-order valence-corrected chi connectivity index (χ4v) is 2.85. The summed E-state index contributed by atoms with van der Waals surface area (Å²) in [6.45, 7) is 5.97. The molecule has 0 radical (unpaired) electrons. The van der Waals surface area contributed by atoms with Crippen molar-refractivity contribution in [2.75, 3.05) is 4.90 Å². The van der Waals surface area contributed by atoms with E-state index in [4.69, 9.17) is 0 Å². The van der Waals surface area contributed by atoms with Gasteiger partial charge in [0.15, 0.2) is 0 Å². The molecule has 0 atom stereocenters. The molecule has 0 unspecified atom stereocenters. The predicted octanol–water partition coefficient (Wildman–Crippen LogP) is 4.91. The number of rotatable bonds is 5. The van der Waals surface area contributed by atoms with Crippen LogP contribution >= 0.6 is 0 Å². The Morgan fingerprint density at radius 1 is 0.783 bits per heavy atom. The highest BCUT2D eigenvalue weighted by atomic mass is 15.2. The minimum atomic E-state index is 0.854. The Bertz CT molecular complexity index is 766. The second-order valence-electron chi connectivity index (χ2n) is 5.97. The third-order valence-electron chi connectivity index (χ3n) is 3.95. The van der Waals surface area contributed by atoms with Gasteiger partial charge in [0.05, 0.1) is 0 Å². The molecular formula is C21H22N2. The highest BCUT2D eigenvalue weighted by molar-refractivity contribution is 5.47. The van der Waals surface area contributed by atoms with Crippen molar-refractivity contribution in [3.63, 3.8) is 0 Å². The fourth-order valence-electron chi connectivity index (χ4n) is 2.85. The molecule has 0 spiro atoms. The molecule has 0 N–H and O–H groups in total. The smallest absolute Gasteiger partial charge is 0.132 e. The molecule has 2 heteroatoms. The van der Waals surface area contributed by atoms with Crippen LogP contribution in [0.4, 0.5) is 5.82 Å². The van der Waals surface area contributed by atoms with Crippen molar-refractivity contribution in [2.45, 2.75) is 26.9 Å². The standard InChI is InChI=1S/C21H22N2/c1-17-8-6-12-20(14-17)16-23(15-19-10-4-3-5-11-19)21-18(2)9-7-13-22-21/h3-14H,15-16H2,1-2H3. The van der Waals surface area contributed by atoms with Crippen molar-refractivity contribution in [2.24, 2.45) is 0 Å². The van der Waals surface area contributed by atoms with Crippen molar-refractivity contribution in [3.05, 3.63) is 95.2 Å². The Hall–Kier alpha value is -2.61. The van der Waals surface area contributed by atoms with Crippen LogP contribution in [0.25, 0.3) is 0 Å². The first-order chi connectivity index (χ1) is 11.2. The molecule has 0 saturated carbocycles. The van der Waals surface area contributed by atoms with Crippen molar-refractivity contribution in [1.29, 1.82) is 0 Å². The van der Waals surface area contributed by atoms with Gasteiger partial charge in [-0.15, -0.1) is 0 Å². The van der Waals surface area contributed by atoms with Gasteiger partial charge in [0.2, 0.25) is 0 Å². The lowest BCUT2D eigenvalue weighted by atomic mass is 10.1. The molecule has 3 aromatic rings. The Morgan fingerprint density at radius 2 is 1.52 bits per heavy atom. The topological polar surface area (TPSA) is 16.1 Å². The molecule has 23 heavy (non-hydrogen) atoms. The summed E-state index contributed by atoms with van der Waals surface area (Å²) in [5.41, 5.74) is 5.10. The summed E-state index contributed by atoms with van der Waals surface area (Å²) in [6.07, 6.45) is 1.87. The van der Waals surface area contributed by atoms with Crippen LogP contribution in [0.1, 0.15) is 22.3 Å². The molecule has 0 aliphatic heterocycles. The summed E-state index contributed by atoms with van der Waals surface area (Å²) < 4.78 is 0. The highest BCUT2D eigenvalue weighted by Gasteiger charge is 2.12. The van der Waals surface area contributed by atoms with Crippen LogP contribution in [0.5, 0.6) is 0 Å². The SMILES string of the molecule is Cc1cccc(CN(Cc2ccccc2)c2ncccc2C)c1. The van der Waals surface area contributed by atoms with Gasteiger partial charge < -0.3 is 4.90 Å². The van der Waals surface area contributed by atoms with Crippen molar-refractivity contribution in [1.82, 2.24) is 4.98 Å². The first-order valence-electron chi connectivity index (χ1n) is 7.98. The third kappa shape index (κ3) is 3.98. The van der Waals surface area contributed by atoms with E-state index in [1.54, 1.807) is 0 Å². The van der Waals surface area contributed by atoms with E-state index >= 15 is 0 Å². The summed E-state index contributed by atoms with van der Waals surface area (Å²) in [6, 6.07) is 23.4. The zero-order valence-corrected chi connectivity index (χ0v) is 13.7. The van der Waals surface area contributed by atoms with E-state index < -0.39 is 0 Å². The predicted molar refractivity (Wildman–Crippen MR) is 96.5 cm³/mol. The second kappa shape index (κ2) is 7.10. The Kier molecular flexibility index (Phi) is 4.72. The van der Waals surface area contributed by atoms with Gasteiger partial charge in [-0.05, 0) is 36.6 Å². The van der Waals surface area contributed by atoms with Crippen LogP contribution in [0.3, 0.4) is 0 Å². The van der Waals surface area contributed by atoms with Gasteiger partial charge in [-0.1, -0.05) is 66.2 Å². The van der Waals surface area contributed by atoms with Crippen LogP contribution in [0.2, 0.25) is 0 Å². The van der Waals surface area contributed by atoms with Gasteiger partial charge in [-0.2, -0.15) is 0 Å². The molecule has 0 aliphatic carbocycles. The average Bonchev–Trinajstić information content (AvgIpc) is 2.56. The normalized spacial score (nSPS) is 10.5. The average molecular weight is 302 g/mol. The molecule has 2 aromatic carbocycles. The molecule has 0 saturated heterocycles. The van der Waals surface area contributed by atoms with Crippen LogP contribution in [0.15, 0.2) is 72.9 Å². The Labute approximate surface area is 138 Å². The van der Waals surface area contributed by atoms with Crippen molar-refractivity contribution < 1.29 is 0 Å². The maximum Gasteiger partial charge on any atom is 0.132 e. The van der Waals surface area contributed by atoms with E-state index in [9.17, 15) is 0 Å². The second-order valence-corrected chi connectivity index (χ2v) is 5.97. The van der Waals surface area contributed by atoms with Gasteiger partial charge in [0.1, 0.15) is 5.82 Å².